The number of carbonyl (C=O) groups is 2. The van der Waals surface area contributed by atoms with Gasteiger partial charge < -0.3 is 27.0 Å². The first-order chi connectivity index (χ1) is 12.5. The lowest BCUT2D eigenvalue weighted by Crippen LogP contribution is -2.37. The fraction of sp³-hybridized carbons (Fsp3) is 0.750. The van der Waals surface area contributed by atoms with Gasteiger partial charge >= 0.3 is 6.03 Å². The lowest BCUT2D eigenvalue weighted by molar-refractivity contribution is -0.121. The zero-order chi connectivity index (χ0) is 18.9. The average Bonchev–Trinajstić information content (AvgIpc) is 3.13. The zero-order valence-electron chi connectivity index (χ0n) is 14.7. The number of urea groups is 1. The first kappa shape index (κ1) is 20.3. The van der Waals surface area contributed by atoms with E-state index in [9.17, 15) is 14.4 Å². The molecule has 9 nitrogen and oxygen atoms in total. The Bertz CT molecular complexity index is 532. The summed E-state index contributed by atoms with van der Waals surface area (Å²) in [6.45, 7) is 0.482. The highest BCUT2D eigenvalue weighted by atomic mass is 32.2. The number of nitrogens with one attached hydrogen (secondary N) is 5. The molecule has 26 heavy (non-hydrogen) atoms. The molecule has 145 valence electrons. The minimum atomic E-state index is -0.623. The zero-order valence-corrected chi connectivity index (χ0v) is 15.5. The Morgan fingerprint density at radius 1 is 1.38 bits per heavy atom. The Morgan fingerprint density at radius 3 is 2.92 bits per heavy atom. The second-order valence-electron chi connectivity index (χ2n) is 6.59. The van der Waals surface area contributed by atoms with E-state index in [1.807, 2.05) is 18.0 Å². The molecule has 0 aromatic carbocycles. The molecule has 3 amide bonds. The van der Waals surface area contributed by atoms with E-state index >= 15 is 0 Å². The number of fused-ring (bicyclic) bond motifs is 1. The minimum Gasteiger partial charge on any atom is -0.370 e. The molecule has 0 saturated carbocycles. The molecule has 0 aromatic heterocycles. The molecule has 0 aromatic rings. The normalized spacial score (nSPS) is 24.9. The van der Waals surface area contributed by atoms with E-state index in [2.05, 4.69) is 21.3 Å². The highest BCUT2D eigenvalue weighted by molar-refractivity contribution is 8.00. The first-order valence-electron chi connectivity index (χ1n) is 8.93. The highest BCUT2D eigenvalue weighted by Crippen LogP contribution is 2.33. The number of amides is 3. The van der Waals surface area contributed by atoms with Crippen LogP contribution < -0.4 is 27.0 Å². The maximum atomic E-state index is 11.9. The number of hydrogen-bond donors (Lipinski definition) is 6. The molecular weight excluding hydrogens is 356 g/mol. The van der Waals surface area contributed by atoms with Crippen molar-refractivity contribution in [3.8, 4) is 0 Å². The lowest BCUT2D eigenvalue weighted by Gasteiger charge is -2.16. The molecule has 4 atom stereocenters. The van der Waals surface area contributed by atoms with Crippen molar-refractivity contribution in [1.29, 1.82) is 5.41 Å². The molecular formula is C16H27N6O3S. The van der Waals surface area contributed by atoms with Crippen LogP contribution in [0.25, 0.3) is 0 Å². The predicted molar refractivity (Wildman–Crippen MR) is 101 cm³/mol. The number of guanidine groups is 1. The summed E-state index contributed by atoms with van der Waals surface area (Å²) in [4.78, 5) is 34.2. The molecule has 2 aliphatic rings. The van der Waals surface area contributed by atoms with Crippen LogP contribution in [0.5, 0.6) is 0 Å². The van der Waals surface area contributed by atoms with Gasteiger partial charge in [0.15, 0.2) is 5.96 Å². The van der Waals surface area contributed by atoms with Crippen LogP contribution in [0.3, 0.4) is 0 Å². The van der Waals surface area contributed by atoms with Crippen molar-refractivity contribution in [3.05, 3.63) is 0 Å². The lowest BCUT2D eigenvalue weighted by atomic mass is 10.0. The van der Waals surface area contributed by atoms with Gasteiger partial charge in [-0.05, 0) is 25.7 Å². The van der Waals surface area contributed by atoms with E-state index in [0.29, 0.717) is 31.1 Å². The van der Waals surface area contributed by atoms with E-state index < -0.39 is 6.04 Å². The largest absolute Gasteiger partial charge is 0.370 e. The van der Waals surface area contributed by atoms with Crippen molar-refractivity contribution >= 4 is 35.9 Å². The van der Waals surface area contributed by atoms with Gasteiger partial charge in [0, 0.05) is 24.0 Å². The maximum absolute atomic E-state index is 11.9. The van der Waals surface area contributed by atoms with Crippen molar-refractivity contribution in [3.63, 3.8) is 0 Å². The van der Waals surface area contributed by atoms with Gasteiger partial charge in [-0.25, -0.2) is 4.79 Å². The summed E-state index contributed by atoms with van der Waals surface area (Å²) < 4.78 is 0. The molecule has 2 aliphatic heterocycles. The Hall–Kier alpha value is -1.97. The Balaban J connectivity index is 1.56. The maximum Gasteiger partial charge on any atom is 0.315 e. The first-order valence-corrected chi connectivity index (χ1v) is 9.98. The number of carbonyl (C=O) groups excluding carboxylic acids is 3. The molecule has 2 saturated heterocycles. The van der Waals surface area contributed by atoms with Crippen molar-refractivity contribution in [2.24, 2.45) is 5.73 Å². The van der Waals surface area contributed by atoms with Crippen LogP contribution in [0.4, 0.5) is 4.79 Å². The molecule has 0 unspecified atom stereocenters. The average molecular weight is 383 g/mol. The van der Waals surface area contributed by atoms with Gasteiger partial charge in [-0.3, -0.25) is 15.0 Å². The van der Waals surface area contributed by atoms with Crippen LogP contribution >= 0.6 is 11.8 Å². The SMILES string of the molecule is N=C(N)NCCC[C@@H]([C]=O)NC(=O)CCCC[C@@H]1SC[C@@H]2NC(=O)N[C@@H]21. The molecule has 0 spiro atoms. The van der Waals surface area contributed by atoms with Crippen LogP contribution in [0.1, 0.15) is 38.5 Å². The third-order valence-electron chi connectivity index (χ3n) is 4.54. The van der Waals surface area contributed by atoms with Gasteiger partial charge in [0.25, 0.3) is 0 Å². The van der Waals surface area contributed by atoms with Gasteiger partial charge in [-0.2, -0.15) is 11.8 Å². The Labute approximate surface area is 157 Å². The summed E-state index contributed by atoms with van der Waals surface area (Å²) in [6, 6.07) is -0.289. The van der Waals surface area contributed by atoms with E-state index in [4.69, 9.17) is 11.1 Å². The highest BCUT2D eigenvalue weighted by Gasteiger charge is 2.42. The number of rotatable bonds is 11. The van der Waals surface area contributed by atoms with Crippen molar-refractivity contribution in [1.82, 2.24) is 21.3 Å². The molecule has 0 bridgehead atoms. The molecule has 7 N–H and O–H groups in total. The third kappa shape index (κ3) is 6.40. The predicted octanol–water partition coefficient (Wildman–Crippen LogP) is -0.430. The summed E-state index contributed by atoms with van der Waals surface area (Å²) >= 11 is 1.86. The van der Waals surface area contributed by atoms with Gasteiger partial charge in [0.1, 0.15) is 0 Å². The van der Waals surface area contributed by atoms with Crippen LogP contribution in [0.15, 0.2) is 0 Å². The van der Waals surface area contributed by atoms with E-state index in [0.717, 1.165) is 25.0 Å². The fourth-order valence-electron chi connectivity index (χ4n) is 3.23. The van der Waals surface area contributed by atoms with Crippen LogP contribution in [0.2, 0.25) is 0 Å². The third-order valence-corrected chi connectivity index (χ3v) is 6.05. The van der Waals surface area contributed by atoms with Gasteiger partial charge in [-0.15, -0.1) is 0 Å². The summed E-state index contributed by atoms with van der Waals surface area (Å²) in [5, 5.41) is 18.6. The van der Waals surface area contributed by atoms with E-state index in [1.54, 1.807) is 0 Å². The quantitative estimate of drug-likeness (QED) is 0.123. The number of unbranched alkanes of at least 4 members (excludes halogenated alkanes) is 1. The smallest absolute Gasteiger partial charge is 0.315 e. The van der Waals surface area contributed by atoms with Crippen molar-refractivity contribution < 1.29 is 14.4 Å². The molecule has 2 heterocycles. The number of nitrogens with two attached hydrogens (primary N) is 1. The standard InChI is InChI=1S/C16H27N6O3S/c17-15(18)19-7-3-4-10(8-23)20-13(24)6-2-1-5-12-14-11(9-26-12)21-16(25)22-14/h10-12,14H,1-7,9H2,(H,20,24)(H4,17,18,19)(H2,21,22,25)/t10-,11-,12-,14-/m0/s1. The monoisotopic (exact) mass is 383 g/mol. The molecule has 1 radical (unpaired) electrons. The second-order valence-corrected chi connectivity index (χ2v) is 7.86. The summed E-state index contributed by atoms with van der Waals surface area (Å²) in [6.07, 6.45) is 5.90. The van der Waals surface area contributed by atoms with Gasteiger partial charge in [-0.1, -0.05) is 6.42 Å². The summed E-state index contributed by atoms with van der Waals surface area (Å²) in [5.74, 6) is 0.676. The minimum absolute atomic E-state index is 0.0839. The Kier molecular flexibility index (Phi) is 8.02. The van der Waals surface area contributed by atoms with Crippen molar-refractivity contribution in [2.45, 2.75) is 61.9 Å². The molecule has 2 fully saturated rings. The fourth-order valence-corrected chi connectivity index (χ4v) is 4.77. The Morgan fingerprint density at radius 2 is 2.19 bits per heavy atom. The summed E-state index contributed by atoms with van der Waals surface area (Å²) in [5.41, 5.74) is 5.17. The van der Waals surface area contributed by atoms with Crippen LogP contribution in [-0.2, 0) is 9.59 Å². The molecule has 10 heteroatoms. The molecule has 2 rings (SSSR count). The van der Waals surface area contributed by atoms with Crippen molar-refractivity contribution in [2.75, 3.05) is 12.3 Å². The van der Waals surface area contributed by atoms with Crippen LogP contribution in [0, 0.1) is 5.41 Å². The van der Waals surface area contributed by atoms with Crippen LogP contribution in [-0.4, -0.2) is 59.9 Å². The topological polar surface area (TPSA) is 149 Å². The molecule has 0 aliphatic carbocycles. The summed E-state index contributed by atoms with van der Waals surface area (Å²) in [7, 11) is 0. The number of thioether (sulfide) groups is 1. The number of hydrogen-bond acceptors (Lipinski definition) is 5. The van der Waals surface area contributed by atoms with E-state index in [-0.39, 0.29) is 30.0 Å². The second kappa shape index (κ2) is 10.2. The van der Waals surface area contributed by atoms with Gasteiger partial charge in [0.05, 0.1) is 18.1 Å². The van der Waals surface area contributed by atoms with E-state index in [1.165, 1.54) is 0 Å². The van der Waals surface area contributed by atoms with Gasteiger partial charge in [0.2, 0.25) is 12.2 Å².